The van der Waals surface area contributed by atoms with Crippen LogP contribution in [-0.4, -0.2) is 71.3 Å². The van der Waals surface area contributed by atoms with E-state index >= 15 is 0 Å². The highest BCUT2D eigenvalue weighted by Crippen LogP contribution is 2.35. The number of thiazole rings is 1. The summed E-state index contributed by atoms with van der Waals surface area (Å²) in [5, 5.41) is 6.74. The molecule has 2 aromatic rings. The largest absolute Gasteiger partial charge is 0.367 e. The number of hydrogen-bond donors (Lipinski definition) is 2. The van der Waals surface area contributed by atoms with Crippen molar-refractivity contribution in [3.8, 4) is 10.4 Å². The lowest BCUT2D eigenvalue weighted by Crippen LogP contribution is -2.42. The molecule has 11 heteroatoms. The Hall–Kier alpha value is -2.53. The normalized spacial score (nSPS) is 22.4. The van der Waals surface area contributed by atoms with Crippen molar-refractivity contribution >= 4 is 38.8 Å². The molecule has 4 heterocycles. The number of aromatic nitrogens is 2. The zero-order chi connectivity index (χ0) is 27.6. The lowest BCUT2D eigenvalue weighted by Gasteiger charge is -2.33. The van der Waals surface area contributed by atoms with E-state index in [1.165, 1.54) is 30.6 Å². The first-order chi connectivity index (χ1) is 18.7. The minimum Gasteiger partial charge on any atom is -0.367 e. The maximum absolute atomic E-state index is 13.8. The van der Waals surface area contributed by atoms with Gasteiger partial charge in [0.05, 0.1) is 16.4 Å². The average Bonchev–Trinajstić information content (AvgIpc) is 3.36. The molecule has 3 aliphatic rings. The summed E-state index contributed by atoms with van der Waals surface area (Å²) in [6.45, 7) is 4.74. The minimum atomic E-state index is -3.03. The molecule has 2 N–H and O–H groups in total. The molecule has 2 aliphatic heterocycles. The molecule has 212 valence electrons. The molecule has 0 bridgehead atoms. The van der Waals surface area contributed by atoms with E-state index in [4.69, 9.17) is 0 Å². The molecule has 5 rings (SSSR count). The Morgan fingerprint density at radius 2 is 1.72 bits per heavy atom. The number of rotatable bonds is 6. The Morgan fingerprint density at radius 3 is 2.41 bits per heavy atom. The van der Waals surface area contributed by atoms with Crippen molar-refractivity contribution in [1.82, 2.24) is 20.2 Å². The van der Waals surface area contributed by atoms with Crippen LogP contribution in [0.25, 0.3) is 10.4 Å². The first-order valence-corrected chi connectivity index (χ1v) is 16.9. The summed E-state index contributed by atoms with van der Waals surface area (Å²) in [7, 11) is -3.03. The lowest BCUT2D eigenvalue weighted by atomic mass is 9.95. The first-order valence-electron chi connectivity index (χ1n) is 14.3. The van der Waals surface area contributed by atoms with E-state index in [1.807, 2.05) is 17.9 Å². The van der Waals surface area contributed by atoms with Gasteiger partial charge >= 0.3 is 0 Å². The van der Waals surface area contributed by atoms with Crippen molar-refractivity contribution in [2.45, 2.75) is 96.2 Å². The molecule has 2 amide bonds. The number of piperidine rings is 1. The smallest absolute Gasteiger partial charge is 0.280 e. The van der Waals surface area contributed by atoms with Gasteiger partial charge in [-0.1, -0.05) is 19.3 Å². The van der Waals surface area contributed by atoms with E-state index in [0.29, 0.717) is 36.0 Å². The molecule has 3 fully saturated rings. The predicted molar refractivity (Wildman–Crippen MR) is 154 cm³/mol. The fourth-order valence-corrected chi connectivity index (χ4v) is 8.42. The summed E-state index contributed by atoms with van der Waals surface area (Å²) in [5.41, 5.74) is 2.07. The van der Waals surface area contributed by atoms with Crippen molar-refractivity contribution in [1.29, 1.82) is 0 Å². The highest BCUT2D eigenvalue weighted by Gasteiger charge is 2.32. The summed E-state index contributed by atoms with van der Waals surface area (Å²) in [4.78, 5) is 38.8. The van der Waals surface area contributed by atoms with Gasteiger partial charge in [0.2, 0.25) is 0 Å². The number of hydrogen-bond acceptors (Lipinski definition) is 8. The molecule has 9 nitrogen and oxygen atoms in total. The first kappa shape index (κ1) is 28.0. The fourth-order valence-electron chi connectivity index (χ4n) is 5.89. The van der Waals surface area contributed by atoms with Crippen LogP contribution >= 0.6 is 11.3 Å². The number of anilines is 1. The third-order valence-corrected chi connectivity index (χ3v) is 11.1. The van der Waals surface area contributed by atoms with E-state index in [-0.39, 0.29) is 40.4 Å². The van der Waals surface area contributed by atoms with Crippen molar-refractivity contribution in [3.63, 3.8) is 0 Å². The van der Waals surface area contributed by atoms with E-state index in [9.17, 15) is 18.0 Å². The molecular formula is C28H39N5O4S2. The van der Waals surface area contributed by atoms with E-state index < -0.39 is 9.84 Å². The van der Waals surface area contributed by atoms with Gasteiger partial charge < -0.3 is 15.5 Å². The van der Waals surface area contributed by atoms with Gasteiger partial charge in [-0.2, -0.15) is 0 Å². The van der Waals surface area contributed by atoms with E-state index in [0.717, 1.165) is 49.0 Å². The van der Waals surface area contributed by atoms with Crippen LogP contribution < -0.4 is 10.6 Å². The second kappa shape index (κ2) is 11.9. The Bertz CT molecular complexity index is 1310. The third-order valence-electron chi connectivity index (χ3n) is 8.29. The predicted octanol–water partition coefficient (Wildman–Crippen LogP) is 4.58. The van der Waals surface area contributed by atoms with Crippen molar-refractivity contribution < 1.29 is 18.0 Å². The fraction of sp³-hybridized carbons (Fsp3) is 0.643. The molecular weight excluding hydrogens is 534 g/mol. The van der Waals surface area contributed by atoms with Gasteiger partial charge in [0, 0.05) is 36.4 Å². The molecule has 0 radical (unpaired) electrons. The number of carbonyl (C=O) groups excluding carboxylic acids is 2. The molecule has 1 aliphatic carbocycles. The van der Waals surface area contributed by atoms with Crippen LogP contribution in [0.15, 0.2) is 12.3 Å². The lowest BCUT2D eigenvalue weighted by molar-refractivity contribution is 0.0631. The van der Waals surface area contributed by atoms with Crippen LogP contribution in [0, 0.1) is 6.92 Å². The Kier molecular flexibility index (Phi) is 8.56. The second-order valence-electron chi connectivity index (χ2n) is 11.3. The number of likely N-dealkylation sites (tertiary alicyclic amines) is 1. The highest BCUT2D eigenvalue weighted by molar-refractivity contribution is 7.91. The van der Waals surface area contributed by atoms with Crippen LogP contribution in [0.3, 0.4) is 0 Å². The van der Waals surface area contributed by atoms with Gasteiger partial charge in [-0.25, -0.2) is 18.4 Å². The number of pyridine rings is 1. The molecule has 0 spiro atoms. The van der Waals surface area contributed by atoms with Gasteiger partial charge in [-0.05, 0) is 70.4 Å². The Labute approximate surface area is 235 Å². The summed E-state index contributed by atoms with van der Waals surface area (Å²) < 4.78 is 23.6. The number of sulfone groups is 1. The molecule has 1 atom stereocenters. The van der Waals surface area contributed by atoms with Crippen LogP contribution in [0.2, 0.25) is 0 Å². The molecule has 1 saturated carbocycles. The van der Waals surface area contributed by atoms with Crippen LogP contribution in [0.1, 0.15) is 97.0 Å². The van der Waals surface area contributed by atoms with Gasteiger partial charge in [-0.3, -0.25) is 9.59 Å². The minimum absolute atomic E-state index is 0.0732. The zero-order valence-electron chi connectivity index (χ0n) is 22.9. The summed E-state index contributed by atoms with van der Waals surface area (Å²) >= 11 is 1.21. The number of nitrogens with one attached hydrogen (secondary N) is 2. The third kappa shape index (κ3) is 6.62. The van der Waals surface area contributed by atoms with Crippen molar-refractivity contribution in [3.05, 3.63) is 28.5 Å². The maximum atomic E-state index is 13.8. The number of nitrogens with zero attached hydrogens (tertiary/aromatic N) is 3. The summed E-state index contributed by atoms with van der Waals surface area (Å²) in [5.74, 6) is 0.459. The highest BCUT2D eigenvalue weighted by atomic mass is 32.2. The SMILES string of the molecule is Cc1cc(NC2CCCCC2)ncc1-c1sc(C(=O)NC2CCS(=O)(=O)CC2)nc1C(=O)N1CCCC[C@@H]1C. The topological polar surface area (TPSA) is 121 Å². The standard InChI is InChI=1S/C28H39N5O4S2/c1-18-16-23(30-20-9-4-3-5-10-20)29-17-22(18)25-24(28(35)33-13-7-6-8-19(33)2)32-27(38-25)26(34)31-21-11-14-39(36,37)15-12-21/h16-17,19-21H,3-15H2,1-2H3,(H,29,30)(H,31,34)/t19-/m0/s1. The van der Waals surface area contributed by atoms with Gasteiger partial charge in [0.25, 0.3) is 11.8 Å². The van der Waals surface area contributed by atoms with Crippen LogP contribution in [0.4, 0.5) is 5.82 Å². The number of amides is 2. The summed E-state index contributed by atoms with van der Waals surface area (Å²) in [6, 6.07) is 2.35. The van der Waals surface area contributed by atoms with E-state index in [2.05, 4.69) is 27.5 Å². The maximum Gasteiger partial charge on any atom is 0.280 e. The monoisotopic (exact) mass is 573 g/mol. The molecule has 0 aromatic carbocycles. The quantitative estimate of drug-likeness (QED) is 0.519. The second-order valence-corrected chi connectivity index (χ2v) is 14.6. The van der Waals surface area contributed by atoms with Crippen LogP contribution in [-0.2, 0) is 9.84 Å². The number of carbonyl (C=O) groups is 2. The molecule has 0 unspecified atom stereocenters. The van der Waals surface area contributed by atoms with Gasteiger partial charge in [0.15, 0.2) is 5.01 Å². The Balaban J connectivity index is 1.42. The van der Waals surface area contributed by atoms with Crippen molar-refractivity contribution in [2.24, 2.45) is 0 Å². The summed E-state index contributed by atoms with van der Waals surface area (Å²) in [6.07, 6.45) is 11.6. The zero-order valence-corrected chi connectivity index (χ0v) is 24.5. The van der Waals surface area contributed by atoms with E-state index in [1.54, 1.807) is 6.20 Å². The van der Waals surface area contributed by atoms with Crippen molar-refractivity contribution in [2.75, 3.05) is 23.4 Å². The number of aryl methyl sites for hydroxylation is 1. The van der Waals surface area contributed by atoms with Gasteiger partial charge in [0.1, 0.15) is 21.3 Å². The molecule has 2 aromatic heterocycles. The average molecular weight is 574 g/mol. The van der Waals surface area contributed by atoms with Gasteiger partial charge in [-0.15, -0.1) is 11.3 Å². The van der Waals surface area contributed by atoms with Crippen LogP contribution in [0.5, 0.6) is 0 Å². The Morgan fingerprint density at radius 1 is 1.00 bits per heavy atom. The molecule has 39 heavy (non-hydrogen) atoms. The molecule has 2 saturated heterocycles.